The zero-order valence-corrected chi connectivity index (χ0v) is 9.01. The molecular formula is C7H11F3N2O3S. The minimum absolute atomic E-state index is 0.515. The Morgan fingerprint density at radius 3 is 2.50 bits per heavy atom. The monoisotopic (exact) mass is 260 g/mol. The van der Waals surface area contributed by atoms with Crippen LogP contribution in [0.3, 0.4) is 0 Å². The van der Waals surface area contributed by atoms with E-state index in [2.05, 4.69) is 0 Å². The molecule has 94 valence electrons. The highest BCUT2D eigenvalue weighted by Crippen LogP contribution is 2.32. The van der Waals surface area contributed by atoms with Crippen LogP contribution in [0.15, 0.2) is 0 Å². The van der Waals surface area contributed by atoms with Gasteiger partial charge in [-0.1, -0.05) is 0 Å². The van der Waals surface area contributed by atoms with Crippen molar-refractivity contribution in [3.8, 4) is 0 Å². The molecule has 1 amide bonds. The van der Waals surface area contributed by atoms with Crippen LogP contribution in [0, 0.1) is 0 Å². The number of nitrogens with two attached hydrogens (primary N) is 1. The average Bonchev–Trinajstić information content (AvgIpc) is 2.36. The minimum Gasteiger partial charge on any atom is -0.331 e. The SMILES string of the molecule is NCC(=O)N1CC(F)(F)CC1CS(=O)(=O)F. The van der Waals surface area contributed by atoms with Crippen molar-refractivity contribution in [2.24, 2.45) is 5.73 Å². The van der Waals surface area contributed by atoms with E-state index in [4.69, 9.17) is 5.73 Å². The van der Waals surface area contributed by atoms with Gasteiger partial charge in [-0.3, -0.25) is 4.79 Å². The summed E-state index contributed by atoms with van der Waals surface area (Å²) in [6.45, 7) is -1.43. The van der Waals surface area contributed by atoms with Gasteiger partial charge in [-0.05, 0) is 0 Å². The van der Waals surface area contributed by atoms with Crippen LogP contribution >= 0.6 is 0 Å². The molecular weight excluding hydrogens is 249 g/mol. The lowest BCUT2D eigenvalue weighted by atomic mass is 10.2. The van der Waals surface area contributed by atoms with Gasteiger partial charge < -0.3 is 10.6 Å². The fourth-order valence-electron chi connectivity index (χ4n) is 1.69. The molecule has 1 aliphatic heterocycles. The molecule has 5 nitrogen and oxygen atoms in total. The standard InChI is InChI=1S/C7H11F3N2O3S/c8-7(9)1-5(3-16(10,14)15)12(4-7)6(13)2-11/h5H,1-4,11H2. The van der Waals surface area contributed by atoms with Crippen LogP contribution in [0.2, 0.25) is 0 Å². The molecule has 0 aromatic rings. The number of hydrogen-bond acceptors (Lipinski definition) is 4. The number of carbonyl (C=O) groups excluding carboxylic acids is 1. The molecule has 1 heterocycles. The average molecular weight is 260 g/mol. The van der Waals surface area contributed by atoms with Crippen LogP contribution < -0.4 is 5.73 Å². The van der Waals surface area contributed by atoms with Crippen LogP contribution in [-0.2, 0) is 15.0 Å². The Kier molecular flexibility index (Phi) is 3.48. The van der Waals surface area contributed by atoms with Crippen molar-refractivity contribution in [3.05, 3.63) is 0 Å². The van der Waals surface area contributed by atoms with E-state index in [1.54, 1.807) is 0 Å². The van der Waals surface area contributed by atoms with E-state index in [-0.39, 0.29) is 0 Å². The highest BCUT2D eigenvalue weighted by molar-refractivity contribution is 7.86. The number of amides is 1. The summed E-state index contributed by atoms with van der Waals surface area (Å²) in [5.41, 5.74) is 4.99. The van der Waals surface area contributed by atoms with Crippen LogP contribution in [0.4, 0.5) is 12.7 Å². The van der Waals surface area contributed by atoms with Gasteiger partial charge >= 0.3 is 10.2 Å². The highest BCUT2D eigenvalue weighted by atomic mass is 32.3. The number of halogens is 3. The first-order chi connectivity index (χ1) is 7.14. The molecule has 2 N–H and O–H groups in total. The maximum absolute atomic E-state index is 13.0. The Balaban J connectivity index is 2.84. The summed E-state index contributed by atoms with van der Waals surface area (Å²) >= 11 is 0. The smallest absolute Gasteiger partial charge is 0.304 e. The number of rotatable bonds is 3. The maximum atomic E-state index is 13.0. The van der Waals surface area contributed by atoms with Crippen LogP contribution in [0.5, 0.6) is 0 Å². The molecule has 1 saturated heterocycles. The van der Waals surface area contributed by atoms with Gasteiger partial charge in [-0.15, -0.1) is 3.89 Å². The molecule has 0 saturated carbocycles. The molecule has 0 aliphatic carbocycles. The van der Waals surface area contributed by atoms with E-state index in [1.807, 2.05) is 0 Å². The lowest BCUT2D eigenvalue weighted by molar-refractivity contribution is -0.131. The Hall–Kier alpha value is -0.830. The lowest BCUT2D eigenvalue weighted by Crippen LogP contribution is -2.42. The number of alkyl halides is 2. The molecule has 0 aromatic heterocycles. The molecule has 1 unspecified atom stereocenters. The number of nitrogens with zero attached hydrogens (tertiary/aromatic N) is 1. The van der Waals surface area contributed by atoms with Gasteiger partial charge in [0.05, 0.1) is 19.1 Å². The molecule has 0 spiro atoms. The second-order valence-electron chi connectivity index (χ2n) is 3.65. The third kappa shape index (κ3) is 3.34. The zero-order chi connectivity index (χ0) is 12.6. The predicted octanol–water partition coefficient (Wildman–Crippen LogP) is -0.519. The molecule has 1 aliphatic rings. The van der Waals surface area contributed by atoms with E-state index in [0.717, 1.165) is 0 Å². The summed E-state index contributed by atoms with van der Waals surface area (Å²) in [5, 5.41) is 0. The summed E-state index contributed by atoms with van der Waals surface area (Å²) < 4.78 is 59.1. The summed E-state index contributed by atoms with van der Waals surface area (Å²) in [6, 6.07) is -1.35. The molecule has 1 atom stereocenters. The van der Waals surface area contributed by atoms with Gasteiger partial charge in [-0.25, -0.2) is 8.78 Å². The lowest BCUT2D eigenvalue weighted by Gasteiger charge is -2.21. The Bertz CT molecular complexity index is 384. The van der Waals surface area contributed by atoms with Gasteiger partial charge in [0.2, 0.25) is 5.91 Å². The number of likely N-dealkylation sites (tertiary alicyclic amines) is 1. The molecule has 9 heteroatoms. The fraction of sp³-hybridized carbons (Fsp3) is 0.857. The topological polar surface area (TPSA) is 80.5 Å². The zero-order valence-electron chi connectivity index (χ0n) is 8.20. The molecule has 1 rings (SSSR count). The van der Waals surface area contributed by atoms with E-state index in [9.17, 15) is 25.9 Å². The Morgan fingerprint density at radius 2 is 2.06 bits per heavy atom. The summed E-state index contributed by atoms with van der Waals surface area (Å²) in [7, 11) is -4.90. The summed E-state index contributed by atoms with van der Waals surface area (Å²) in [4.78, 5) is 11.8. The van der Waals surface area contributed by atoms with E-state index in [0.29, 0.717) is 4.90 Å². The van der Waals surface area contributed by atoms with Gasteiger partial charge in [0.25, 0.3) is 5.92 Å². The Labute approximate surface area is 90.6 Å². The second kappa shape index (κ2) is 4.21. The van der Waals surface area contributed by atoms with Crippen molar-refractivity contribution in [2.45, 2.75) is 18.4 Å². The van der Waals surface area contributed by atoms with Crippen molar-refractivity contribution in [3.63, 3.8) is 0 Å². The first kappa shape index (κ1) is 13.2. The first-order valence-corrected chi connectivity index (χ1v) is 5.99. The molecule has 0 bridgehead atoms. The van der Waals surface area contributed by atoms with E-state index < -0.39 is 53.4 Å². The van der Waals surface area contributed by atoms with Crippen molar-refractivity contribution < 1.29 is 25.9 Å². The first-order valence-electron chi connectivity index (χ1n) is 4.44. The molecule has 0 radical (unpaired) electrons. The largest absolute Gasteiger partial charge is 0.331 e. The van der Waals surface area contributed by atoms with Gasteiger partial charge in [0.15, 0.2) is 0 Å². The van der Waals surface area contributed by atoms with Crippen LogP contribution in [0.25, 0.3) is 0 Å². The molecule has 16 heavy (non-hydrogen) atoms. The van der Waals surface area contributed by atoms with Crippen molar-refractivity contribution in [2.75, 3.05) is 18.8 Å². The van der Waals surface area contributed by atoms with Gasteiger partial charge in [0, 0.05) is 6.42 Å². The highest BCUT2D eigenvalue weighted by Gasteiger charge is 2.47. The van der Waals surface area contributed by atoms with Gasteiger partial charge in [0.1, 0.15) is 5.75 Å². The van der Waals surface area contributed by atoms with Crippen LogP contribution in [-0.4, -0.2) is 50.0 Å². The van der Waals surface area contributed by atoms with Gasteiger partial charge in [-0.2, -0.15) is 8.42 Å². The molecule has 0 aromatic carbocycles. The van der Waals surface area contributed by atoms with Crippen molar-refractivity contribution in [1.29, 1.82) is 0 Å². The number of carbonyl (C=O) groups is 1. The third-order valence-electron chi connectivity index (χ3n) is 2.26. The normalized spacial score (nSPS) is 24.8. The molecule has 1 fully saturated rings. The second-order valence-corrected chi connectivity index (χ2v) is 5.06. The summed E-state index contributed by atoms with van der Waals surface area (Å²) in [5.74, 6) is -5.13. The van der Waals surface area contributed by atoms with Crippen LogP contribution in [0.1, 0.15) is 6.42 Å². The Morgan fingerprint density at radius 1 is 1.50 bits per heavy atom. The number of hydrogen-bond donors (Lipinski definition) is 1. The summed E-state index contributed by atoms with van der Waals surface area (Å²) in [6.07, 6.45) is -0.859. The third-order valence-corrected chi connectivity index (χ3v) is 3.05. The minimum atomic E-state index is -4.90. The quantitative estimate of drug-likeness (QED) is 0.692. The van der Waals surface area contributed by atoms with Crippen molar-refractivity contribution >= 4 is 16.1 Å². The predicted molar refractivity (Wildman–Crippen MR) is 49.0 cm³/mol. The van der Waals surface area contributed by atoms with E-state index >= 15 is 0 Å². The maximum Gasteiger partial charge on any atom is 0.304 e. The van der Waals surface area contributed by atoms with Crippen molar-refractivity contribution in [1.82, 2.24) is 4.90 Å². The fourth-order valence-corrected chi connectivity index (χ4v) is 2.44. The van der Waals surface area contributed by atoms with E-state index in [1.165, 1.54) is 0 Å².